The Labute approximate surface area is 173 Å². The zero-order valence-electron chi connectivity index (χ0n) is 17.6. The van der Waals surface area contributed by atoms with E-state index in [1.807, 2.05) is 18.2 Å². The number of benzene rings is 2. The quantitative estimate of drug-likeness (QED) is 0.685. The molecule has 29 heavy (non-hydrogen) atoms. The molecule has 0 saturated carbocycles. The molecule has 0 bridgehead atoms. The third kappa shape index (κ3) is 5.21. The molecule has 3 rings (SSSR count). The van der Waals surface area contributed by atoms with E-state index in [-0.39, 0.29) is 5.97 Å². The fourth-order valence-corrected chi connectivity index (χ4v) is 3.62. The number of morpholine rings is 1. The van der Waals surface area contributed by atoms with E-state index in [9.17, 15) is 4.79 Å². The van der Waals surface area contributed by atoms with Gasteiger partial charge in [-0.2, -0.15) is 0 Å². The average molecular weight is 398 g/mol. The fourth-order valence-electron chi connectivity index (χ4n) is 3.62. The minimum Gasteiger partial charge on any atom is -0.465 e. The van der Waals surface area contributed by atoms with Gasteiger partial charge in [-0.1, -0.05) is 12.1 Å². The smallest absolute Gasteiger partial charge is 0.340 e. The number of carbonyl (C=O) groups excluding carboxylic acids is 1. The van der Waals surface area contributed by atoms with Crippen molar-refractivity contribution in [2.75, 3.05) is 61.6 Å². The van der Waals surface area contributed by atoms with Crippen LogP contribution in [-0.2, 0) is 16.0 Å². The first kappa shape index (κ1) is 21.0. The Balaban J connectivity index is 1.71. The number of nitrogens with zero attached hydrogens (tertiary/aromatic N) is 2. The largest absolute Gasteiger partial charge is 0.465 e. The molecule has 1 heterocycles. The number of esters is 1. The molecule has 0 aliphatic carbocycles. The normalized spacial score (nSPS) is 13.8. The highest BCUT2D eigenvalue weighted by Gasteiger charge is 2.19. The van der Waals surface area contributed by atoms with Crippen LogP contribution in [0.4, 0.5) is 17.1 Å². The van der Waals surface area contributed by atoms with Crippen LogP contribution in [0.5, 0.6) is 0 Å². The minimum atomic E-state index is -0.321. The predicted octanol–water partition coefficient (Wildman–Crippen LogP) is 3.77. The molecule has 156 valence electrons. The lowest BCUT2D eigenvalue weighted by Crippen LogP contribution is -2.37. The van der Waals surface area contributed by atoms with Gasteiger partial charge in [-0.05, 0) is 49.7 Å². The molecule has 1 N–H and O–H groups in total. The Hall–Kier alpha value is -2.73. The molecule has 0 radical (unpaired) electrons. The predicted molar refractivity (Wildman–Crippen MR) is 118 cm³/mol. The van der Waals surface area contributed by atoms with Gasteiger partial charge in [-0.25, -0.2) is 4.79 Å². The summed E-state index contributed by atoms with van der Waals surface area (Å²) in [5.41, 5.74) is 4.81. The van der Waals surface area contributed by atoms with E-state index in [1.54, 1.807) is 0 Å². The molecule has 0 atom stereocenters. The molecular weight excluding hydrogens is 366 g/mol. The van der Waals surface area contributed by atoms with Crippen LogP contribution in [0.2, 0.25) is 0 Å². The summed E-state index contributed by atoms with van der Waals surface area (Å²) in [6, 6.07) is 14.5. The van der Waals surface area contributed by atoms with Gasteiger partial charge in [0, 0.05) is 44.1 Å². The zero-order valence-corrected chi connectivity index (χ0v) is 17.6. The van der Waals surface area contributed by atoms with Crippen molar-refractivity contribution in [1.82, 2.24) is 0 Å². The Bertz CT molecular complexity index is 798. The SMILES string of the molecule is CCN(CC)c1ccc(CNc2ccc(N3CCOCC3)c(C(=O)OC)c2)cc1. The number of ether oxygens (including phenoxy) is 2. The first-order valence-corrected chi connectivity index (χ1v) is 10.3. The van der Waals surface area contributed by atoms with Crippen molar-refractivity contribution in [3.05, 3.63) is 53.6 Å². The fraction of sp³-hybridized carbons (Fsp3) is 0.435. The number of hydrogen-bond acceptors (Lipinski definition) is 6. The van der Waals surface area contributed by atoms with Gasteiger partial charge in [0.05, 0.1) is 31.6 Å². The number of rotatable bonds is 8. The second-order valence-corrected chi connectivity index (χ2v) is 7.02. The van der Waals surface area contributed by atoms with Crippen molar-refractivity contribution < 1.29 is 14.3 Å². The van der Waals surface area contributed by atoms with Gasteiger partial charge < -0.3 is 24.6 Å². The number of hydrogen-bond donors (Lipinski definition) is 1. The number of methoxy groups -OCH3 is 1. The summed E-state index contributed by atoms with van der Waals surface area (Å²) in [5, 5.41) is 3.42. The molecule has 1 aliphatic rings. The van der Waals surface area contributed by atoms with Crippen LogP contribution < -0.4 is 15.1 Å². The van der Waals surface area contributed by atoms with Crippen LogP contribution in [0.15, 0.2) is 42.5 Å². The lowest BCUT2D eigenvalue weighted by molar-refractivity contribution is 0.0600. The van der Waals surface area contributed by atoms with Gasteiger partial charge in [0.15, 0.2) is 0 Å². The maximum Gasteiger partial charge on any atom is 0.340 e. The molecule has 0 amide bonds. The summed E-state index contributed by atoms with van der Waals surface area (Å²) < 4.78 is 10.4. The van der Waals surface area contributed by atoms with Crippen molar-refractivity contribution in [3.8, 4) is 0 Å². The van der Waals surface area contributed by atoms with Crippen LogP contribution in [0, 0.1) is 0 Å². The van der Waals surface area contributed by atoms with Gasteiger partial charge in [0.2, 0.25) is 0 Å². The van der Waals surface area contributed by atoms with Crippen LogP contribution in [-0.4, -0.2) is 52.5 Å². The molecule has 0 aromatic heterocycles. The van der Waals surface area contributed by atoms with Crippen molar-refractivity contribution in [2.24, 2.45) is 0 Å². The Morgan fingerprint density at radius 3 is 2.41 bits per heavy atom. The van der Waals surface area contributed by atoms with E-state index >= 15 is 0 Å². The summed E-state index contributed by atoms with van der Waals surface area (Å²) in [7, 11) is 1.42. The molecule has 2 aromatic carbocycles. The second kappa shape index (κ2) is 10.2. The summed E-state index contributed by atoms with van der Waals surface area (Å²) in [4.78, 5) is 16.8. The molecule has 1 saturated heterocycles. The van der Waals surface area contributed by atoms with Crippen molar-refractivity contribution in [1.29, 1.82) is 0 Å². The summed E-state index contributed by atoms with van der Waals surface area (Å²) in [6.45, 7) is 9.91. The van der Waals surface area contributed by atoms with E-state index in [0.717, 1.165) is 37.6 Å². The second-order valence-electron chi connectivity index (χ2n) is 7.02. The Kier molecular flexibility index (Phi) is 7.36. The van der Waals surface area contributed by atoms with Gasteiger partial charge in [0.25, 0.3) is 0 Å². The topological polar surface area (TPSA) is 54.0 Å². The highest BCUT2D eigenvalue weighted by molar-refractivity contribution is 5.97. The Morgan fingerprint density at radius 2 is 1.79 bits per heavy atom. The molecule has 6 heteroatoms. The molecule has 0 unspecified atom stereocenters. The van der Waals surface area contributed by atoms with Crippen LogP contribution >= 0.6 is 0 Å². The number of nitrogens with one attached hydrogen (secondary N) is 1. The monoisotopic (exact) mass is 397 g/mol. The number of anilines is 3. The molecule has 1 aliphatic heterocycles. The maximum absolute atomic E-state index is 12.3. The van der Waals surface area contributed by atoms with Crippen LogP contribution in [0.3, 0.4) is 0 Å². The van der Waals surface area contributed by atoms with E-state index in [2.05, 4.69) is 53.2 Å². The molecule has 2 aromatic rings. The maximum atomic E-state index is 12.3. The standard InChI is InChI=1S/C23H31N3O3/c1-4-25(5-2)20-9-6-18(7-10-20)17-24-19-8-11-22(21(16-19)23(27)28-3)26-12-14-29-15-13-26/h6-11,16,24H,4-5,12-15,17H2,1-3H3. The van der Waals surface area contributed by atoms with Crippen LogP contribution in [0.1, 0.15) is 29.8 Å². The first-order chi connectivity index (χ1) is 14.2. The third-order valence-electron chi connectivity index (χ3n) is 5.32. The molecular formula is C23H31N3O3. The Morgan fingerprint density at radius 1 is 1.10 bits per heavy atom. The van der Waals surface area contributed by atoms with Crippen LogP contribution in [0.25, 0.3) is 0 Å². The third-order valence-corrected chi connectivity index (χ3v) is 5.32. The summed E-state index contributed by atoms with van der Waals surface area (Å²) in [5.74, 6) is -0.321. The molecule has 1 fully saturated rings. The van der Waals surface area contributed by atoms with E-state index in [4.69, 9.17) is 9.47 Å². The number of carbonyl (C=O) groups is 1. The summed E-state index contributed by atoms with van der Waals surface area (Å²) >= 11 is 0. The lowest BCUT2D eigenvalue weighted by atomic mass is 10.1. The first-order valence-electron chi connectivity index (χ1n) is 10.3. The van der Waals surface area contributed by atoms with Crippen molar-refractivity contribution >= 4 is 23.0 Å². The van der Waals surface area contributed by atoms with Gasteiger partial charge >= 0.3 is 5.97 Å². The zero-order chi connectivity index (χ0) is 20.6. The highest BCUT2D eigenvalue weighted by Crippen LogP contribution is 2.26. The average Bonchev–Trinajstić information content (AvgIpc) is 2.79. The van der Waals surface area contributed by atoms with E-state index < -0.39 is 0 Å². The summed E-state index contributed by atoms with van der Waals surface area (Å²) in [6.07, 6.45) is 0. The molecule has 6 nitrogen and oxygen atoms in total. The van der Waals surface area contributed by atoms with E-state index in [0.29, 0.717) is 25.3 Å². The van der Waals surface area contributed by atoms with Gasteiger partial charge in [0.1, 0.15) is 0 Å². The minimum absolute atomic E-state index is 0.321. The van der Waals surface area contributed by atoms with Crippen molar-refractivity contribution in [2.45, 2.75) is 20.4 Å². The van der Waals surface area contributed by atoms with Gasteiger partial charge in [-0.15, -0.1) is 0 Å². The lowest BCUT2D eigenvalue weighted by Gasteiger charge is -2.30. The van der Waals surface area contributed by atoms with Crippen molar-refractivity contribution in [3.63, 3.8) is 0 Å². The van der Waals surface area contributed by atoms with E-state index in [1.165, 1.54) is 18.4 Å². The van der Waals surface area contributed by atoms with Gasteiger partial charge in [-0.3, -0.25) is 0 Å². The molecule has 0 spiro atoms. The highest BCUT2D eigenvalue weighted by atomic mass is 16.5.